The summed E-state index contributed by atoms with van der Waals surface area (Å²) < 4.78 is 37.4. The van der Waals surface area contributed by atoms with Gasteiger partial charge in [0.05, 0.1) is 0 Å². The van der Waals surface area contributed by atoms with E-state index in [1.807, 2.05) is 11.9 Å². The molecule has 1 aliphatic heterocycles. The molecule has 1 saturated heterocycles. The van der Waals surface area contributed by atoms with E-state index < -0.39 is 11.7 Å². The minimum atomic E-state index is -4.28. The summed E-state index contributed by atoms with van der Waals surface area (Å²) in [5.74, 6) is 0. The molecule has 0 spiro atoms. The average Bonchev–Trinajstić information content (AvgIpc) is 1.95. The van der Waals surface area contributed by atoms with Crippen molar-refractivity contribution in [2.24, 2.45) is 5.73 Å². The predicted molar refractivity (Wildman–Crippen MR) is 44.3 cm³/mol. The van der Waals surface area contributed by atoms with Gasteiger partial charge in [0.2, 0.25) is 0 Å². The Morgan fingerprint density at radius 1 is 1.46 bits per heavy atom. The van der Waals surface area contributed by atoms with Gasteiger partial charge in [0.25, 0.3) is 0 Å². The van der Waals surface area contributed by atoms with E-state index in [1.165, 1.54) is 0 Å². The van der Waals surface area contributed by atoms with E-state index in [9.17, 15) is 13.2 Å². The molecule has 0 aliphatic carbocycles. The number of rotatable bonds is 0. The summed E-state index contributed by atoms with van der Waals surface area (Å²) >= 11 is 0. The largest absolute Gasteiger partial charge is 0.406 e. The molecule has 2 unspecified atom stereocenters. The van der Waals surface area contributed by atoms with Crippen LogP contribution in [0.15, 0.2) is 0 Å². The van der Waals surface area contributed by atoms with Gasteiger partial charge >= 0.3 is 6.18 Å². The summed E-state index contributed by atoms with van der Waals surface area (Å²) in [6.45, 7) is 2.18. The van der Waals surface area contributed by atoms with Crippen LogP contribution < -0.4 is 5.73 Å². The van der Waals surface area contributed by atoms with Crippen molar-refractivity contribution < 1.29 is 13.2 Å². The summed E-state index contributed by atoms with van der Waals surface area (Å²) in [4.78, 5) is 1.90. The SMILES string of the molecule is CC1CC(N)(C(F)(F)F)CCN1C. The van der Waals surface area contributed by atoms with Crippen molar-refractivity contribution >= 4 is 0 Å². The second-order valence-corrected chi connectivity index (χ2v) is 3.94. The number of nitrogens with zero attached hydrogens (tertiary/aromatic N) is 1. The van der Waals surface area contributed by atoms with Gasteiger partial charge < -0.3 is 10.6 Å². The predicted octanol–water partition coefficient (Wildman–Crippen LogP) is 1.36. The van der Waals surface area contributed by atoms with Crippen LogP contribution in [0.2, 0.25) is 0 Å². The highest BCUT2D eigenvalue weighted by atomic mass is 19.4. The van der Waals surface area contributed by atoms with Gasteiger partial charge in [0.15, 0.2) is 0 Å². The maximum absolute atomic E-state index is 12.5. The van der Waals surface area contributed by atoms with Crippen molar-refractivity contribution in [3.63, 3.8) is 0 Å². The van der Waals surface area contributed by atoms with Crippen LogP contribution in [0.4, 0.5) is 13.2 Å². The van der Waals surface area contributed by atoms with Crippen LogP contribution in [0.3, 0.4) is 0 Å². The molecule has 0 radical (unpaired) electrons. The highest BCUT2D eigenvalue weighted by Crippen LogP contribution is 2.37. The van der Waals surface area contributed by atoms with E-state index in [-0.39, 0.29) is 18.9 Å². The fourth-order valence-corrected chi connectivity index (χ4v) is 1.64. The van der Waals surface area contributed by atoms with Crippen molar-refractivity contribution in [2.45, 2.75) is 37.5 Å². The summed E-state index contributed by atoms with van der Waals surface area (Å²) in [6.07, 6.45) is -4.28. The van der Waals surface area contributed by atoms with Gasteiger partial charge in [0.1, 0.15) is 5.54 Å². The van der Waals surface area contributed by atoms with Gasteiger partial charge in [-0.3, -0.25) is 0 Å². The van der Waals surface area contributed by atoms with E-state index in [0.29, 0.717) is 6.54 Å². The molecule has 2 nitrogen and oxygen atoms in total. The molecule has 2 N–H and O–H groups in total. The first-order valence-corrected chi connectivity index (χ1v) is 4.32. The summed E-state index contributed by atoms with van der Waals surface area (Å²) in [6, 6.07) is -0.0969. The van der Waals surface area contributed by atoms with Gasteiger partial charge in [-0.25, -0.2) is 0 Å². The summed E-state index contributed by atoms with van der Waals surface area (Å²) in [5, 5.41) is 0. The molecule has 0 aromatic rings. The van der Waals surface area contributed by atoms with Gasteiger partial charge in [0, 0.05) is 12.6 Å². The van der Waals surface area contributed by atoms with Crippen LogP contribution in [-0.4, -0.2) is 36.2 Å². The number of hydrogen-bond acceptors (Lipinski definition) is 2. The smallest absolute Gasteiger partial charge is 0.318 e. The standard InChI is InChI=1S/C8H15F3N2/c1-6-5-7(12,8(9,10)11)3-4-13(6)2/h6H,3-5,12H2,1-2H3. The lowest BCUT2D eigenvalue weighted by atomic mass is 9.84. The number of halogens is 3. The average molecular weight is 196 g/mol. The molecular weight excluding hydrogens is 181 g/mol. The third-order valence-corrected chi connectivity index (χ3v) is 2.89. The molecule has 0 amide bonds. The van der Waals surface area contributed by atoms with Gasteiger partial charge in [-0.1, -0.05) is 0 Å². The molecular formula is C8H15F3N2. The van der Waals surface area contributed by atoms with Crippen molar-refractivity contribution in [1.29, 1.82) is 0 Å². The zero-order valence-corrected chi connectivity index (χ0v) is 7.86. The molecule has 0 aromatic heterocycles. The third-order valence-electron chi connectivity index (χ3n) is 2.89. The number of alkyl halides is 3. The Hall–Kier alpha value is -0.290. The fraction of sp³-hybridized carbons (Fsp3) is 1.00. The fourth-order valence-electron chi connectivity index (χ4n) is 1.64. The number of piperidine rings is 1. The zero-order valence-electron chi connectivity index (χ0n) is 7.86. The van der Waals surface area contributed by atoms with Crippen LogP contribution >= 0.6 is 0 Å². The third kappa shape index (κ3) is 1.96. The Morgan fingerprint density at radius 3 is 2.38 bits per heavy atom. The number of hydrogen-bond donors (Lipinski definition) is 1. The van der Waals surface area contributed by atoms with E-state index >= 15 is 0 Å². The quantitative estimate of drug-likeness (QED) is 0.634. The van der Waals surface area contributed by atoms with Crippen LogP contribution in [0.25, 0.3) is 0 Å². The van der Waals surface area contributed by atoms with Gasteiger partial charge in [-0.2, -0.15) is 13.2 Å². The molecule has 1 fully saturated rings. The van der Waals surface area contributed by atoms with E-state index in [4.69, 9.17) is 5.73 Å². The summed E-state index contributed by atoms with van der Waals surface area (Å²) in [5.41, 5.74) is 3.36. The van der Waals surface area contributed by atoms with Crippen molar-refractivity contribution in [3.8, 4) is 0 Å². The van der Waals surface area contributed by atoms with Gasteiger partial charge in [-0.15, -0.1) is 0 Å². The van der Waals surface area contributed by atoms with Crippen molar-refractivity contribution in [1.82, 2.24) is 4.90 Å². The first kappa shape index (κ1) is 10.8. The van der Waals surface area contributed by atoms with Crippen LogP contribution in [0.5, 0.6) is 0 Å². The molecule has 0 saturated carbocycles. The Kier molecular flexibility index (Phi) is 2.60. The molecule has 0 aromatic carbocycles. The molecule has 1 heterocycles. The molecule has 5 heteroatoms. The Bertz CT molecular complexity index is 192. The minimum absolute atomic E-state index is 0.00264. The molecule has 2 atom stereocenters. The number of likely N-dealkylation sites (tertiary alicyclic amines) is 1. The maximum atomic E-state index is 12.5. The molecule has 78 valence electrons. The first-order chi connectivity index (χ1) is 5.76. The molecule has 1 aliphatic rings. The maximum Gasteiger partial charge on any atom is 0.406 e. The monoisotopic (exact) mass is 196 g/mol. The summed E-state index contributed by atoms with van der Waals surface area (Å²) in [7, 11) is 1.82. The van der Waals surface area contributed by atoms with Crippen molar-refractivity contribution in [3.05, 3.63) is 0 Å². The minimum Gasteiger partial charge on any atom is -0.318 e. The van der Waals surface area contributed by atoms with Gasteiger partial charge in [-0.05, 0) is 26.8 Å². The highest BCUT2D eigenvalue weighted by molar-refractivity contribution is 4.98. The van der Waals surface area contributed by atoms with E-state index in [0.717, 1.165) is 0 Å². The van der Waals surface area contributed by atoms with Crippen LogP contribution in [0, 0.1) is 0 Å². The van der Waals surface area contributed by atoms with E-state index in [1.54, 1.807) is 6.92 Å². The lowest BCUT2D eigenvalue weighted by Crippen LogP contribution is -2.61. The lowest BCUT2D eigenvalue weighted by molar-refractivity contribution is -0.200. The Morgan fingerprint density at radius 2 is 2.00 bits per heavy atom. The van der Waals surface area contributed by atoms with Crippen molar-refractivity contribution in [2.75, 3.05) is 13.6 Å². The molecule has 1 rings (SSSR count). The van der Waals surface area contributed by atoms with E-state index in [2.05, 4.69) is 0 Å². The molecule has 13 heavy (non-hydrogen) atoms. The Labute approximate surface area is 75.9 Å². The Balaban J connectivity index is 2.73. The topological polar surface area (TPSA) is 29.3 Å². The zero-order chi connectivity index (χ0) is 10.3. The van der Waals surface area contributed by atoms with Crippen LogP contribution in [-0.2, 0) is 0 Å². The lowest BCUT2D eigenvalue weighted by Gasteiger charge is -2.42. The second-order valence-electron chi connectivity index (χ2n) is 3.94. The number of nitrogens with two attached hydrogens (primary N) is 1. The van der Waals surface area contributed by atoms with Crippen LogP contribution in [0.1, 0.15) is 19.8 Å². The normalized spacial score (nSPS) is 37.8. The first-order valence-electron chi connectivity index (χ1n) is 4.32. The second kappa shape index (κ2) is 3.13. The molecule has 0 bridgehead atoms. The highest BCUT2D eigenvalue weighted by Gasteiger charge is 2.53.